The first kappa shape index (κ1) is 21.8. The Labute approximate surface area is 178 Å². The van der Waals surface area contributed by atoms with Crippen LogP contribution in [-0.4, -0.2) is 43.2 Å². The van der Waals surface area contributed by atoms with Gasteiger partial charge in [-0.25, -0.2) is 4.79 Å². The van der Waals surface area contributed by atoms with Crippen molar-refractivity contribution in [2.24, 2.45) is 0 Å². The van der Waals surface area contributed by atoms with E-state index in [0.29, 0.717) is 22.0 Å². The van der Waals surface area contributed by atoms with E-state index in [0.717, 1.165) is 42.5 Å². The molecule has 0 spiro atoms. The van der Waals surface area contributed by atoms with E-state index in [1.165, 1.54) is 11.3 Å². The third-order valence-electron chi connectivity index (χ3n) is 4.71. The summed E-state index contributed by atoms with van der Waals surface area (Å²) in [5.41, 5.74) is 2.07. The molecule has 9 heteroatoms. The third-order valence-corrected chi connectivity index (χ3v) is 5.92. The van der Waals surface area contributed by atoms with Crippen molar-refractivity contribution in [3.63, 3.8) is 0 Å². The number of carboxylic acid groups (broad SMARTS) is 1. The van der Waals surface area contributed by atoms with Gasteiger partial charge in [-0.2, -0.15) is 0 Å². The zero-order valence-electron chi connectivity index (χ0n) is 16.7. The molecule has 0 atom stereocenters. The molecular formula is C21H24N2O6S. The number of methoxy groups -OCH3 is 1. The lowest BCUT2D eigenvalue weighted by molar-refractivity contribution is -0.143. The summed E-state index contributed by atoms with van der Waals surface area (Å²) in [4.78, 5) is 37.0. The summed E-state index contributed by atoms with van der Waals surface area (Å²) < 4.78 is 9.99. The molecule has 0 saturated heterocycles. The van der Waals surface area contributed by atoms with E-state index < -0.39 is 25.1 Å². The number of fused-ring (bicyclic) bond motifs is 1. The van der Waals surface area contributed by atoms with Crippen molar-refractivity contribution in [3.05, 3.63) is 40.3 Å². The molecule has 3 N–H and O–H groups in total. The first-order valence-corrected chi connectivity index (χ1v) is 10.5. The number of nitrogens with one attached hydrogen (secondary N) is 2. The number of aryl methyl sites for hydroxylation is 1. The molecule has 1 aromatic heterocycles. The smallest absolute Gasteiger partial charge is 0.329 e. The van der Waals surface area contributed by atoms with Gasteiger partial charge in [-0.3, -0.25) is 9.59 Å². The maximum Gasteiger partial charge on any atom is 0.329 e. The second-order valence-corrected chi connectivity index (χ2v) is 7.99. The molecule has 2 aromatic rings. The summed E-state index contributed by atoms with van der Waals surface area (Å²) in [6.07, 6.45) is 4.78. The van der Waals surface area contributed by atoms with E-state index in [2.05, 4.69) is 10.6 Å². The van der Waals surface area contributed by atoms with Crippen LogP contribution < -0.4 is 15.4 Å². The minimum absolute atomic E-state index is 0.290. The van der Waals surface area contributed by atoms with E-state index in [-0.39, 0.29) is 5.91 Å². The molecular weight excluding hydrogens is 408 g/mol. The largest absolute Gasteiger partial charge is 0.497 e. The first-order valence-electron chi connectivity index (χ1n) is 9.67. The molecule has 0 unspecified atom stereocenters. The van der Waals surface area contributed by atoms with Crippen LogP contribution in [0.2, 0.25) is 0 Å². The zero-order valence-corrected chi connectivity index (χ0v) is 17.5. The molecule has 1 aliphatic carbocycles. The van der Waals surface area contributed by atoms with E-state index in [1.807, 2.05) is 0 Å². The van der Waals surface area contributed by atoms with Crippen LogP contribution in [0, 0.1) is 0 Å². The van der Waals surface area contributed by atoms with Crippen molar-refractivity contribution >= 4 is 39.8 Å². The maximum absolute atomic E-state index is 13.1. The number of hydrogen-bond acceptors (Lipinski definition) is 6. The van der Waals surface area contributed by atoms with Crippen molar-refractivity contribution in [2.75, 3.05) is 31.0 Å². The Morgan fingerprint density at radius 3 is 2.47 bits per heavy atom. The Hall–Kier alpha value is -2.91. The van der Waals surface area contributed by atoms with E-state index >= 15 is 0 Å². The van der Waals surface area contributed by atoms with Gasteiger partial charge in [0.1, 0.15) is 24.0 Å². The molecule has 0 radical (unpaired) electrons. The number of benzene rings is 1. The topological polar surface area (TPSA) is 114 Å². The number of thiophene rings is 1. The predicted molar refractivity (Wildman–Crippen MR) is 114 cm³/mol. The molecule has 0 bridgehead atoms. The summed E-state index contributed by atoms with van der Waals surface area (Å²) in [6.45, 7) is -0.951. The molecule has 0 aliphatic heterocycles. The number of carbonyl (C=O) groups excluding carboxylic acids is 2. The molecule has 0 fully saturated rings. The summed E-state index contributed by atoms with van der Waals surface area (Å²) in [7, 11) is 1.57. The van der Waals surface area contributed by atoms with Gasteiger partial charge in [0.2, 0.25) is 0 Å². The van der Waals surface area contributed by atoms with Crippen molar-refractivity contribution in [2.45, 2.75) is 32.1 Å². The van der Waals surface area contributed by atoms with Crippen LogP contribution in [0.4, 0.5) is 10.7 Å². The number of carbonyl (C=O) groups is 3. The van der Waals surface area contributed by atoms with Gasteiger partial charge in [-0.05, 0) is 55.5 Å². The Morgan fingerprint density at radius 1 is 1.03 bits per heavy atom. The lowest BCUT2D eigenvalue weighted by Gasteiger charge is -2.10. The number of ether oxygens (including phenoxy) is 2. The molecule has 1 aromatic carbocycles. The maximum atomic E-state index is 13.1. The Morgan fingerprint density at radius 2 is 1.77 bits per heavy atom. The third kappa shape index (κ3) is 5.58. The SMILES string of the molecule is COc1ccc(NC(=O)c2c(NC(=O)COCC(=O)O)sc3c2CCCCC3)cc1. The average Bonchev–Trinajstić information content (AvgIpc) is 2.88. The fraction of sp³-hybridized carbons (Fsp3) is 0.381. The minimum Gasteiger partial charge on any atom is -0.497 e. The summed E-state index contributed by atoms with van der Waals surface area (Å²) in [5, 5.41) is 14.7. The molecule has 0 saturated carbocycles. The van der Waals surface area contributed by atoms with Crippen LogP contribution in [0.1, 0.15) is 40.1 Å². The monoisotopic (exact) mass is 432 g/mol. The van der Waals surface area contributed by atoms with Gasteiger partial charge < -0.3 is 25.2 Å². The number of carboxylic acids is 1. The van der Waals surface area contributed by atoms with Gasteiger partial charge in [-0.1, -0.05) is 6.42 Å². The zero-order chi connectivity index (χ0) is 21.5. The lowest BCUT2D eigenvalue weighted by atomic mass is 10.0. The fourth-order valence-corrected chi connectivity index (χ4v) is 4.64. The van der Waals surface area contributed by atoms with Crippen molar-refractivity contribution in [1.29, 1.82) is 0 Å². The summed E-state index contributed by atoms with van der Waals surface area (Å²) >= 11 is 1.40. The number of amides is 2. The number of hydrogen-bond donors (Lipinski definition) is 3. The average molecular weight is 432 g/mol. The van der Waals surface area contributed by atoms with Crippen LogP contribution >= 0.6 is 11.3 Å². The fourth-order valence-electron chi connectivity index (χ4n) is 3.33. The minimum atomic E-state index is -1.15. The van der Waals surface area contributed by atoms with Crippen LogP contribution in [-0.2, 0) is 27.2 Å². The molecule has 1 aliphatic rings. The molecule has 3 rings (SSSR count). The number of rotatable bonds is 8. The van der Waals surface area contributed by atoms with E-state index in [4.69, 9.17) is 14.6 Å². The summed E-state index contributed by atoms with van der Waals surface area (Å²) in [6, 6.07) is 7.01. The highest BCUT2D eigenvalue weighted by Crippen LogP contribution is 2.38. The van der Waals surface area contributed by atoms with E-state index in [1.54, 1.807) is 31.4 Å². The van der Waals surface area contributed by atoms with Crippen LogP contribution in [0.3, 0.4) is 0 Å². The summed E-state index contributed by atoms with van der Waals surface area (Å²) in [5.74, 6) is -1.25. The highest BCUT2D eigenvalue weighted by molar-refractivity contribution is 7.17. The number of aliphatic carboxylic acids is 1. The van der Waals surface area contributed by atoms with Gasteiger partial charge in [0.05, 0.1) is 12.7 Å². The van der Waals surface area contributed by atoms with Gasteiger partial charge in [-0.15, -0.1) is 11.3 Å². The van der Waals surface area contributed by atoms with Gasteiger partial charge in [0.15, 0.2) is 0 Å². The number of anilines is 2. The van der Waals surface area contributed by atoms with Crippen molar-refractivity contribution in [3.8, 4) is 5.75 Å². The van der Waals surface area contributed by atoms with Crippen LogP contribution in [0.5, 0.6) is 5.75 Å². The molecule has 2 amide bonds. The van der Waals surface area contributed by atoms with Crippen LogP contribution in [0.15, 0.2) is 24.3 Å². The normalized spacial score (nSPS) is 13.1. The van der Waals surface area contributed by atoms with Gasteiger partial charge >= 0.3 is 5.97 Å². The van der Waals surface area contributed by atoms with E-state index in [9.17, 15) is 14.4 Å². The lowest BCUT2D eigenvalue weighted by Crippen LogP contribution is -2.22. The quantitative estimate of drug-likeness (QED) is 0.552. The second-order valence-electron chi connectivity index (χ2n) is 6.89. The molecule has 160 valence electrons. The Bertz CT molecular complexity index is 922. The predicted octanol–water partition coefficient (Wildman–Crippen LogP) is 3.32. The van der Waals surface area contributed by atoms with Crippen molar-refractivity contribution in [1.82, 2.24) is 0 Å². The molecule has 1 heterocycles. The molecule has 30 heavy (non-hydrogen) atoms. The second kappa shape index (κ2) is 10.2. The Kier molecular flexibility index (Phi) is 7.42. The Balaban J connectivity index is 1.81. The van der Waals surface area contributed by atoms with Gasteiger partial charge in [0, 0.05) is 10.6 Å². The highest BCUT2D eigenvalue weighted by atomic mass is 32.1. The van der Waals surface area contributed by atoms with Crippen molar-refractivity contribution < 1.29 is 29.0 Å². The van der Waals surface area contributed by atoms with Crippen LogP contribution in [0.25, 0.3) is 0 Å². The standard InChI is InChI=1S/C21H24N2O6S/c1-28-14-9-7-13(8-10-14)22-20(27)19-15-5-3-2-4-6-16(15)30-21(19)23-17(24)11-29-12-18(25)26/h7-10H,2-6,11-12H2,1H3,(H,22,27)(H,23,24)(H,25,26). The molecule has 8 nitrogen and oxygen atoms in total. The van der Waals surface area contributed by atoms with Gasteiger partial charge in [0.25, 0.3) is 11.8 Å². The first-order chi connectivity index (χ1) is 14.5. The highest BCUT2D eigenvalue weighted by Gasteiger charge is 2.26.